The number of hydrogen-bond donors (Lipinski definition) is 3. The molecule has 1 aliphatic heterocycles. The summed E-state index contributed by atoms with van der Waals surface area (Å²) in [6.07, 6.45) is 0.650. The lowest BCUT2D eigenvalue weighted by Crippen LogP contribution is -2.36. The first-order valence-corrected chi connectivity index (χ1v) is 11.0. The van der Waals surface area contributed by atoms with Crippen molar-refractivity contribution in [2.45, 2.75) is 36.6 Å². The monoisotopic (exact) mass is 434 g/mol. The van der Waals surface area contributed by atoms with E-state index >= 15 is 0 Å². The number of thioether (sulfide) groups is 1. The van der Waals surface area contributed by atoms with Crippen molar-refractivity contribution in [3.05, 3.63) is 81.6 Å². The summed E-state index contributed by atoms with van der Waals surface area (Å²) in [6.45, 7) is 2.00. The van der Waals surface area contributed by atoms with E-state index in [1.54, 1.807) is 0 Å². The zero-order valence-corrected chi connectivity index (χ0v) is 17.8. The largest absolute Gasteiger partial charge is 0.325 e. The van der Waals surface area contributed by atoms with Gasteiger partial charge in [-0.1, -0.05) is 67.2 Å². The molecule has 31 heavy (non-hydrogen) atoms. The summed E-state index contributed by atoms with van der Waals surface area (Å²) < 4.78 is 0. The summed E-state index contributed by atoms with van der Waals surface area (Å²) in [6, 6.07) is 17.3. The number of nitrogens with one attached hydrogen (secondary N) is 3. The molecule has 3 aromatic rings. The van der Waals surface area contributed by atoms with Crippen LogP contribution in [0, 0.1) is 0 Å². The highest BCUT2D eigenvalue weighted by Crippen LogP contribution is 2.31. The van der Waals surface area contributed by atoms with Gasteiger partial charge in [0.05, 0.1) is 11.5 Å². The first-order chi connectivity index (χ1) is 15.0. The minimum absolute atomic E-state index is 0.103. The number of benzene rings is 2. The number of H-pyrrole nitrogens is 1. The molecule has 2 amide bonds. The summed E-state index contributed by atoms with van der Waals surface area (Å²) in [4.78, 5) is 45.3. The SMILES string of the molecule is CCc1ccccc1NC(=O)[C@@H]1CC(=O)Nc2nc(SCc3ccccc3)[nH]c(=O)c21. The topological polar surface area (TPSA) is 104 Å². The van der Waals surface area contributed by atoms with Crippen molar-refractivity contribution in [2.75, 3.05) is 10.6 Å². The summed E-state index contributed by atoms with van der Waals surface area (Å²) in [5.74, 6) is -0.867. The standard InChI is InChI=1S/C23H22N4O3S/c1-2-15-10-6-7-11-17(15)24-21(29)16-12-18(28)25-20-19(16)22(30)27-23(26-20)31-13-14-8-4-3-5-9-14/h3-11,16H,2,12-13H2,1H3,(H,24,29)(H2,25,26,27,28,30)/t16-/m1/s1. The molecule has 0 saturated heterocycles. The maximum atomic E-state index is 13.0. The van der Waals surface area contributed by atoms with Crippen LogP contribution in [-0.2, 0) is 21.8 Å². The summed E-state index contributed by atoms with van der Waals surface area (Å²) in [7, 11) is 0. The van der Waals surface area contributed by atoms with Crippen molar-refractivity contribution in [1.82, 2.24) is 9.97 Å². The van der Waals surface area contributed by atoms with E-state index in [1.807, 2.05) is 61.5 Å². The minimum Gasteiger partial charge on any atom is -0.325 e. The number of carbonyl (C=O) groups is 2. The highest BCUT2D eigenvalue weighted by molar-refractivity contribution is 7.98. The van der Waals surface area contributed by atoms with Crippen LogP contribution in [0.3, 0.4) is 0 Å². The van der Waals surface area contributed by atoms with E-state index in [9.17, 15) is 14.4 Å². The number of aryl methyl sites for hydroxylation is 1. The van der Waals surface area contributed by atoms with Gasteiger partial charge in [0.25, 0.3) is 5.56 Å². The molecular formula is C23H22N4O3S. The van der Waals surface area contributed by atoms with Gasteiger partial charge in [-0.25, -0.2) is 4.98 Å². The van der Waals surface area contributed by atoms with E-state index in [4.69, 9.17) is 0 Å². The van der Waals surface area contributed by atoms with Crippen molar-refractivity contribution < 1.29 is 9.59 Å². The fourth-order valence-corrected chi connectivity index (χ4v) is 4.36. The first-order valence-electron chi connectivity index (χ1n) is 10.0. The Hall–Kier alpha value is -3.39. The average molecular weight is 435 g/mol. The Morgan fingerprint density at radius 1 is 1.13 bits per heavy atom. The Labute approximate surface area is 183 Å². The summed E-state index contributed by atoms with van der Waals surface area (Å²) in [5.41, 5.74) is 2.53. The number of fused-ring (bicyclic) bond motifs is 1. The molecule has 0 bridgehead atoms. The van der Waals surface area contributed by atoms with Crippen LogP contribution in [0.4, 0.5) is 11.5 Å². The number of aromatic amines is 1. The molecule has 1 aromatic heterocycles. The van der Waals surface area contributed by atoms with Crippen LogP contribution in [0.25, 0.3) is 0 Å². The number of hydrogen-bond acceptors (Lipinski definition) is 5. The van der Waals surface area contributed by atoms with E-state index in [2.05, 4.69) is 20.6 Å². The molecular weight excluding hydrogens is 412 g/mol. The van der Waals surface area contributed by atoms with Crippen LogP contribution in [0.5, 0.6) is 0 Å². The predicted molar refractivity (Wildman–Crippen MR) is 121 cm³/mol. The molecule has 3 N–H and O–H groups in total. The molecule has 0 fully saturated rings. The first kappa shape index (κ1) is 20.9. The van der Waals surface area contributed by atoms with Crippen LogP contribution >= 0.6 is 11.8 Å². The third-order valence-corrected chi connectivity index (χ3v) is 6.06. The van der Waals surface area contributed by atoms with Crippen LogP contribution in [0.1, 0.15) is 36.0 Å². The van der Waals surface area contributed by atoms with Gasteiger partial charge in [0.15, 0.2) is 5.16 Å². The van der Waals surface area contributed by atoms with Gasteiger partial charge >= 0.3 is 0 Å². The highest BCUT2D eigenvalue weighted by Gasteiger charge is 2.35. The summed E-state index contributed by atoms with van der Waals surface area (Å²) >= 11 is 1.36. The van der Waals surface area contributed by atoms with Gasteiger partial charge in [-0.2, -0.15) is 0 Å². The van der Waals surface area contributed by atoms with Crippen molar-refractivity contribution >= 4 is 35.1 Å². The molecule has 0 radical (unpaired) electrons. The van der Waals surface area contributed by atoms with Crippen LogP contribution in [-0.4, -0.2) is 21.8 Å². The van der Waals surface area contributed by atoms with E-state index < -0.39 is 17.4 Å². The smallest absolute Gasteiger partial charge is 0.257 e. The maximum absolute atomic E-state index is 13.0. The lowest BCUT2D eigenvalue weighted by Gasteiger charge is -2.24. The lowest BCUT2D eigenvalue weighted by molar-refractivity contribution is -0.123. The third-order valence-electron chi connectivity index (χ3n) is 5.12. The molecule has 0 aliphatic carbocycles. The molecule has 4 rings (SSSR count). The average Bonchev–Trinajstić information content (AvgIpc) is 2.78. The third kappa shape index (κ3) is 4.69. The minimum atomic E-state index is -0.905. The second kappa shape index (κ2) is 9.18. The molecule has 0 saturated carbocycles. The number of carbonyl (C=O) groups excluding carboxylic acids is 2. The van der Waals surface area contributed by atoms with Gasteiger partial charge < -0.3 is 15.6 Å². The van der Waals surface area contributed by atoms with E-state index in [0.717, 1.165) is 17.5 Å². The highest BCUT2D eigenvalue weighted by atomic mass is 32.2. The van der Waals surface area contributed by atoms with Crippen LogP contribution < -0.4 is 16.2 Å². The Morgan fingerprint density at radius 2 is 1.87 bits per heavy atom. The van der Waals surface area contributed by atoms with Gasteiger partial charge in [0, 0.05) is 17.9 Å². The number of rotatable bonds is 6. The van der Waals surface area contributed by atoms with Gasteiger partial charge in [0.2, 0.25) is 11.8 Å². The lowest BCUT2D eigenvalue weighted by atomic mass is 9.92. The van der Waals surface area contributed by atoms with Crippen LogP contribution in [0.2, 0.25) is 0 Å². The molecule has 1 atom stereocenters. The molecule has 7 nitrogen and oxygen atoms in total. The second-order valence-electron chi connectivity index (χ2n) is 7.21. The number of amides is 2. The Morgan fingerprint density at radius 3 is 2.65 bits per heavy atom. The molecule has 0 unspecified atom stereocenters. The number of para-hydroxylation sites is 1. The molecule has 0 spiro atoms. The molecule has 2 aromatic carbocycles. The quantitative estimate of drug-likeness (QED) is 0.405. The van der Waals surface area contributed by atoms with Gasteiger partial charge in [-0.05, 0) is 23.6 Å². The van der Waals surface area contributed by atoms with Gasteiger partial charge in [-0.3, -0.25) is 14.4 Å². The fourth-order valence-electron chi connectivity index (χ4n) is 3.54. The van der Waals surface area contributed by atoms with E-state index in [-0.39, 0.29) is 23.7 Å². The molecule has 2 heterocycles. The summed E-state index contributed by atoms with van der Waals surface area (Å²) in [5, 5.41) is 5.92. The predicted octanol–water partition coefficient (Wildman–Crippen LogP) is 3.69. The normalized spacial score (nSPS) is 15.1. The molecule has 1 aliphatic rings. The van der Waals surface area contributed by atoms with Gasteiger partial charge in [0.1, 0.15) is 5.82 Å². The van der Waals surface area contributed by atoms with E-state index in [1.165, 1.54) is 11.8 Å². The van der Waals surface area contributed by atoms with Crippen molar-refractivity contribution in [3.8, 4) is 0 Å². The zero-order chi connectivity index (χ0) is 21.8. The van der Waals surface area contributed by atoms with Gasteiger partial charge in [-0.15, -0.1) is 0 Å². The number of anilines is 2. The Kier molecular flexibility index (Phi) is 6.18. The Balaban J connectivity index is 1.59. The van der Waals surface area contributed by atoms with Crippen molar-refractivity contribution in [2.24, 2.45) is 0 Å². The van der Waals surface area contributed by atoms with Crippen LogP contribution in [0.15, 0.2) is 64.5 Å². The van der Waals surface area contributed by atoms with Crippen molar-refractivity contribution in [3.63, 3.8) is 0 Å². The fraction of sp³-hybridized carbons (Fsp3) is 0.217. The second-order valence-corrected chi connectivity index (χ2v) is 8.18. The maximum Gasteiger partial charge on any atom is 0.257 e. The Bertz CT molecular complexity index is 1180. The molecule has 8 heteroatoms. The number of nitrogens with zero attached hydrogens (tertiary/aromatic N) is 1. The van der Waals surface area contributed by atoms with E-state index in [0.29, 0.717) is 16.6 Å². The molecule has 158 valence electrons. The zero-order valence-electron chi connectivity index (χ0n) is 17.0. The number of aromatic nitrogens is 2. The van der Waals surface area contributed by atoms with Crippen molar-refractivity contribution in [1.29, 1.82) is 0 Å².